The van der Waals surface area contributed by atoms with Crippen LogP contribution >= 0.6 is 11.3 Å². The van der Waals surface area contributed by atoms with Gasteiger partial charge in [0, 0.05) is 11.8 Å². The summed E-state index contributed by atoms with van der Waals surface area (Å²) in [6.45, 7) is 1.53. The van der Waals surface area contributed by atoms with E-state index < -0.39 is 23.3 Å². The fraction of sp³-hybridized carbons (Fsp3) is 0.214. The normalized spacial score (nSPS) is 13.5. The Balaban J connectivity index is 1.93. The summed E-state index contributed by atoms with van der Waals surface area (Å²) in [5.74, 6) is -1.56. The van der Waals surface area contributed by atoms with Crippen molar-refractivity contribution in [3.05, 3.63) is 52.2 Å². The summed E-state index contributed by atoms with van der Waals surface area (Å²) in [7, 11) is 0. The minimum atomic E-state index is -1.22. The van der Waals surface area contributed by atoms with Crippen molar-refractivity contribution in [2.24, 2.45) is 0 Å². The third-order valence-electron chi connectivity index (χ3n) is 2.86. The van der Waals surface area contributed by atoms with Gasteiger partial charge in [0.1, 0.15) is 17.2 Å². The molecule has 112 valence electrons. The molecule has 0 saturated heterocycles. The van der Waals surface area contributed by atoms with Crippen molar-refractivity contribution in [2.75, 3.05) is 11.9 Å². The zero-order valence-electron chi connectivity index (χ0n) is 11.2. The number of aliphatic hydroxyl groups is 1. The lowest BCUT2D eigenvalue weighted by Crippen LogP contribution is -2.40. The van der Waals surface area contributed by atoms with E-state index in [1.807, 2.05) is 5.38 Å². The van der Waals surface area contributed by atoms with Gasteiger partial charge in [-0.3, -0.25) is 0 Å². The Kier molecular flexibility index (Phi) is 4.54. The Hall–Kier alpha value is -1.99. The summed E-state index contributed by atoms with van der Waals surface area (Å²) < 4.78 is 26.0. The van der Waals surface area contributed by atoms with E-state index in [1.165, 1.54) is 11.3 Å². The molecule has 0 bridgehead atoms. The largest absolute Gasteiger partial charge is 0.384 e. The molecule has 0 radical (unpaired) electrons. The number of thiophene rings is 1. The van der Waals surface area contributed by atoms with Crippen LogP contribution < -0.4 is 10.6 Å². The molecule has 0 aliphatic rings. The zero-order chi connectivity index (χ0) is 15.5. The van der Waals surface area contributed by atoms with E-state index in [2.05, 4.69) is 10.6 Å². The SMILES string of the molecule is CC(O)(CNC(=O)Nc1cc(F)cc(F)c1)c1ccsc1. The number of carbonyl (C=O) groups excluding carboxylic acids is 1. The molecule has 2 rings (SSSR count). The molecule has 21 heavy (non-hydrogen) atoms. The van der Waals surface area contributed by atoms with E-state index in [0.717, 1.165) is 12.1 Å². The molecule has 0 saturated carbocycles. The zero-order valence-corrected chi connectivity index (χ0v) is 12.0. The van der Waals surface area contributed by atoms with Crippen molar-refractivity contribution in [3.63, 3.8) is 0 Å². The molecule has 1 aromatic heterocycles. The lowest BCUT2D eigenvalue weighted by atomic mass is 9.99. The first-order valence-corrected chi connectivity index (χ1v) is 7.07. The maximum atomic E-state index is 13.0. The van der Waals surface area contributed by atoms with Crippen LogP contribution in [0.25, 0.3) is 0 Å². The molecule has 4 nitrogen and oxygen atoms in total. The number of halogens is 2. The molecule has 0 aliphatic carbocycles. The Bertz CT molecular complexity index is 610. The number of hydrogen-bond acceptors (Lipinski definition) is 3. The summed E-state index contributed by atoms with van der Waals surface area (Å²) in [5, 5.41) is 18.6. The minimum Gasteiger partial charge on any atom is -0.384 e. The van der Waals surface area contributed by atoms with Crippen molar-refractivity contribution < 1.29 is 18.7 Å². The summed E-state index contributed by atoms with van der Waals surface area (Å²) in [6.07, 6.45) is 0. The number of benzene rings is 1. The molecule has 7 heteroatoms. The monoisotopic (exact) mass is 312 g/mol. The van der Waals surface area contributed by atoms with Crippen LogP contribution in [0.1, 0.15) is 12.5 Å². The topological polar surface area (TPSA) is 61.4 Å². The van der Waals surface area contributed by atoms with Gasteiger partial charge in [-0.2, -0.15) is 11.3 Å². The number of amides is 2. The van der Waals surface area contributed by atoms with Crippen molar-refractivity contribution >= 4 is 23.1 Å². The summed E-state index contributed by atoms with van der Waals surface area (Å²) in [5.41, 5.74) is -0.533. The third-order valence-corrected chi connectivity index (χ3v) is 3.54. The first-order valence-electron chi connectivity index (χ1n) is 6.13. The van der Waals surface area contributed by atoms with Crippen LogP contribution in [0.2, 0.25) is 0 Å². The molecule has 3 N–H and O–H groups in total. The molecule has 2 aromatic rings. The number of hydrogen-bond donors (Lipinski definition) is 3. The molecule has 1 atom stereocenters. The van der Waals surface area contributed by atoms with E-state index in [-0.39, 0.29) is 12.2 Å². The molecule has 0 aliphatic heterocycles. The van der Waals surface area contributed by atoms with Crippen LogP contribution in [0, 0.1) is 11.6 Å². The van der Waals surface area contributed by atoms with E-state index >= 15 is 0 Å². The second-order valence-electron chi connectivity index (χ2n) is 4.75. The average Bonchev–Trinajstić information content (AvgIpc) is 2.89. The van der Waals surface area contributed by atoms with Gasteiger partial charge < -0.3 is 15.7 Å². The van der Waals surface area contributed by atoms with Gasteiger partial charge in [-0.25, -0.2) is 13.6 Å². The first-order chi connectivity index (χ1) is 9.87. The van der Waals surface area contributed by atoms with Crippen molar-refractivity contribution in [1.82, 2.24) is 5.32 Å². The average molecular weight is 312 g/mol. The lowest BCUT2D eigenvalue weighted by Gasteiger charge is -2.22. The number of anilines is 1. The Morgan fingerprint density at radius 2 is 2.00 bits per heavy atom. The molecule has 0 spiro atoms. The van der Waals surface area contributed by atoms with Gasteiger partial charge in [-0.05, 0) is 41.4 Å². The molecular formula is C14H14F2N2O2S. The number of rotatable bonds is 4. The number of carbonyl (C=O) groups is 1. The molecular weight excluding hydrogens is 298 g/mol. The van der Waals surface area contributed by atoms with Gasteiger partial charge in [0.05, 0.1) is 6.54 Å². The first kappa shape index (κ1) is 15.4. The van der Waals surface area contributed by atoms with Gasteiger partial charge in [-0.1, -0.05) is 0 Å². The second-order valence-corrected chi connectivity index (χ2v) is 5.53. The quantitative estimate of drug-likeness (QED) is 0.812. The predicted octanol–water partition coefficient (Wildman–Crippen LogP) is 3.06. The maximum Gasteiger partial charge on any atom is 0.319 e. The molecule has 1 aromatic carbocycles. The predicted molar refractivity (Wildman–Crippen MR) is 77.3 cm³/mol. The molecule has 2 amide bonds. The Morgan fingerprint density at radius 1 is 1.33 bits per heavy atom. The third kappa shape index (κ3) is 4.24. The number of urea groups is 1. The Morgan fingerprint density at radius 3 is 2.57 bits per heavy atom. The van der Waals surface area contributed by atoms with Crippen LogP contribution in [-0.2, 0) is 5.60 Å². The highest BCUT2D eigenvalue weighted by molar-refractivity contribution is 7.08. The van der Waals surface area contributed by atoms with Crippen LogP contribution in [0.3, 0.4) is 0 Å². The lowest BCUT2D eigenvalue weighted by molar-refractivity contribution is 0.0604. The van der Waals surface area contributed by atoms with E-state index in [9.17, 15) is 18.7 Å². The van der Waals surface area contributed by atoms with E-state index in [0.29, 0.717) is 11.6 Å². The van der Waals surface area contributed by atoms with Crippen LogP contribution in [0.15, 0.2) is 35.0 Å². The maximum absolute atomic E-state index is 13.0. The van der Waals surface area contributed by atoms with E-state index in [1.54, 1.807) is 18.4 Å². The van der Waals surface area contributed by atoms with Gasteiger partial charge in [-0.15, -0.1) is 0 Å². The Labute approximate surface area is 124 Å². The number of nitrogens with one attached hydrogen (secondary N) is 2. The van der Waals surface area contributed by atoms with E-state index in [4.69, 9.17) is 0 Å². The van der Waals surface area contributed by atoms with Crippen LogP contribution in [-0.4, -0.2) is 17.7 Å². The van der Waals surface area contributed by atoms with Crippen LogP contribution in [0.5, 0.6) is 0 Å². The molecule has 1 unspecified atom stereocenters. The van der Waals surface area contributed by atoms with Gasteiger partial charge in [0.2, 0.25) is 0 Å². The highest BCUT2D eigenvalue weighted by Gasteiger charge is 2.24. The fourth-order valence-corrected chi connectivity index (χ4v) is 2.51. The summed E-state index contributed by atoms with van der Waals surface area (Å²) >= 11 is 1.43. The highest BCUT2D eigenvalue weighted by Crippen LogP contribution is 2.22. The van der Waals surface area contributed by atoms with Crippen molar-refractivity contribution in [1.29, 1.82) is 0 Å². The summed E-state index contributed by atoms with van der Waals surface area (Å²) in [4.78, 5) is 11.7. The van der Waals surface area contributed by atoms with Gasteiger partial charge >= 0.3 is 6.03 Å². The van der Waals surface area contributed by atoms with Crippen molar-refractivity contribution in [3.8, 4) is 0 Å². The molecule has 0 fully saturated rings. The summed E-state index contributed by atoms with van der Waals surface area (Å²) in [6, 6.07) is 3.81. The fourth-order valence-electron chi connectivity index (χ4n) is 1.73. The van der Waals surface area contributed by atoms with Gasteiger partial charge in [0.25, 0.3) is 0 Å². The van der Waals surface area contributed by atoms with Crippen molar-refractivity contribution in [2.45, 2.75) is 12.5 Å². The smallest absolute Gasteiger partial charge is 0.319 e. The van der Waals surface area contributed by atoms with Crippen LogP contribution in [0.4, 0.5) is 19.3 Å². The minimum absolute atomic E-state index is 0.000163. The standard InChI is InChI=1S/C14H14F2N2O2S/c1-14(20,9-2-3-21-7-9)8-17-13(19)18-12-5-10(15)4-11(16)6-12/h2-7,20H,8H2,1H3,(H2,17,18,19). The molecule has 1 heterocycles. The second kappa shape index (κ2) is 6.19. The highest BCUT2D eigenvalue weighted by atomic mass is 32.1. The van der Waals surface area contributed by atoms with Gasteiger partial charge in [0.15, 0.2) is 0 Å².